The highest BCUT2D eigenvalue weighted by atomic mass is 32.2. The van der Waals surface area contributed by atoms with E-state index >= 15 is 0 Å². The van der Waals surface area contributed by atoms with Crippen LogP contribution in [-0.2, 0) is 21.4 Å². The molecule has 0 spiro atoms. The van der Waals surface area contributed by atoms with Crippen molar-refractivity contribution in [2.24, 2.45) is 0 Å². The van der Waals surface area contributed by atoms with Crippen molar-refractivity contribution in [2.45, 2.75) is 37.4 Å². The van der Waals surface area contributed by atoms with Crippen LogP contribution >= 0.6 is 11.8 Å². The number of para-hydroxylation sites is 1. The van der Waals surface area contributed by atoms with E-state index in [1.54, 1.807) is 18.4 Å². The number of hydrogen-bond donors (Lipinski definition) is 2. The van der Waals surface area contributed by atoms with Crippen LogP contribution in [-0.4, -0.2) is 58.1 Å². The lowest BCUT2D eigenvalue weighted by molar-refractivity contribution is -0.113. The van der Waals surface area contributed by atoms with Gasteiger partial charge in [0.25, 0.3) is 5.91 Å². The number of aryl methyl sites for hydroxylation is 1. The number of aromatic nitrogens is 3. The smallest absolute Gasteiger partial charge is 0.251 e. The molecule has 4 rings (SSSR count). The number of rotatable bonds is 12. The van der Waals surface area contributed by atoms with Gasteiger partial charge in [0.1, 0.15) is 0 Å². The van der Waals surface area contributed by atoms with E-state index in [1.807, 2.05) is 61.5 Å². The van der Waals surface area contributed by atoms with Gasteiger partial charge in [0, 0.05) is 30.0 Å². The molecule has 0 atom stereocenters. The van der Waals surface area contributed by atoms with Crippen LogP contribution in [0.4, 0.5) is 5.69 Å². The van der Waals surface area contributed by atoms with E-state index in [9.17, 15) is 18.0 Å². The Labute approximate surface area is 244 Å². The van der Waals surface area contributed by atoms with Crippen LogP contribution in [0.5, 0.6) is 0 Å². The first-order valence-electron chi connectivity index (χ1n) is 13.1. The third-order valence-corrected chi connectivity index (χ3v) is 9.21. The number of hydrogen-bond acceptors (Lipinski definition) is 7. The van der Waals surface area contributed by atoms with Gasteiger partial charge in [-0.3, -0.25) is 14.2 Å². The zero-order valence-corrected chi connectivity index (χ0v) is 24.7. The van der Waals surface area contributed by atoms with E-state index < -0.39 is 10.0 Å². The van der Waals surface area contributed by atoms with Gasteiger partial charge in [-0.2, -0.15) is 4.31 Å². The van der Waals surface area contributed by atoms with Crippen molar-refractivity contribution in [1.82, 2.24) is 24.4 Å². The molecule has 0 bridgehead atoms. The lowest BCUT2D eigenvalue weighted by atomic mass is 10.2. The van der Waals surface area contributed by atoms with Gasteiger partial charge in [-0.05, 0) is 61.0 Å². The van der Waals surface area contributed by atoms with Gasteiger partial charge in [-0.1, -0.05) is 55.9 Å². The van der Waals surface area contributed by atoms with Crippen LogP contribution in [0.2, 0.25) is 0 Å². The highest BCUT2D eigenvalue weighted by Gasteiger charge is 2.22. The van der Waals surface area contributed by atoms with Crippen LogP contribution in [0.25, 0.3) is 5.69 Å². The van der Waals surface area contributed by atoms with Crippen LogP contribution in [0.1, 0.15) is 35.6 Å². The number of thioether (sulfide) groups is 1. The van der Waals surface area contributed by atoms with E-state index in [0.29, 0.717) is 29.6 Å². The van der Waals surface area contributed by atoms with Gasteiger partial charge >= 0.3 is 0 Å². The fraction of sp³-hybridized carbons (Fsp3) is 0.241. The topological polar surface area (TPSA) is 126 Å². The summed E-state index contributed by atoms with van der Waals surface area (Å²) in [6, 6.07) is 22.8. The lowest BCUT2D eigenvalue weighted by Gasteiger charge is -2.18. The zero-order chi connectivity index (χ0) is 29.4. The predicted molar refractivity (Wildman–Crippen MR) is 160 cm³/mol. The molecule has 1 heterocycles. The number of carbonyl (C=O) groups is 2. The summed E-state index contributed by atoms with van der Waals surface area (Å²) in [6.45, 7) is 6.31. The first kappa shape index (κ1) is 30.0. The fourth-order valence-corrected chi connectivity index (χ4v) is 6.38. The normalized spacial score (nSPS) is 11.4. The minimum atomic E-state index is -3.61. The number of anilines is 1. The molecule has 214 valence electrons. The highest BCUT2D eigenvalue weighted by molar-refractivity contribution is 7.99. The quantitative estimate of drug-likeness (QED) is 0.235. The molecule has 0 aliphatic heterocycles. The second-order valence-corrected chi connectivity index (χ2v) is 12.0. The van der Waals surface area contributed by atoms with Crippen LogP contribution in [0, 0.1) is 6.92 Å². The second-order valence-electron chi connectivity index (χ2n) is 9.07. The third-order valence-electron chi connectivity index (χ3n) is 6.22. The van der Waals surface area contributed by atoms with Crippen LogP contribution < -0.4 is 10.6 Å². The molecule has 0 radical (unpaired) electrons. The molecular formula is C29H32N6O4S2. The van der Waals surface area contributed by atoms with Crippen molar-refractivity contribution >= 4 is 39.3 Å². The highest BCUT2D eigenvalue weighted by Crippen LogP contribution is 2.23. The van der Waals surface area contributed by atoms with Gasteiger partial charge in [-0.25, -0.2) is 8.42 Å². The molecule has 1 aromatic heterocycles. The van der Waals surface area contributed by atoms with Crippen molar-refractivity contribution in [3.63, 3.8) is 0 Å². The Hall–Kier alpha value is -4.00. The molecule has 0 saturated carbocycles. The summed E-state index contributed by atoms with van der Waals surface area (Å²) >= 11 is 1.24. The van der Waals surface area contributed by atoms with E-state index in [4.69, 9.17) is 0 Å². The second kappa shape index (κ2) is 13.6. The Bertz CT molecular complexity index is 1600. The Kier molecular flexibility index (Phi) is 9.92. The van der Waals surface area contributed by atoms with E-state index in [2.05, 4.69) is 20.8 Å². The van der Waals surface area contributed by atoms with Crippen molar-refractivity contribution in [3.05, 3.63) is 95.8 Å². The molecule has 41 heavy (non-hydrogen) atoms. The zero-order valence-electron chi connectivity index (χ0n) is 23.1. The van der Waals surface area contributed by atoms with Gasteiger partial charge in [-0.15, -0.1) is 10.2 Å². The molecule has 10 nitrogen and oxygen atoms in total. The molecule has 12 heteroatoms. The maximum atomic E-state index is 12.9. The van der Waals surface area contributed by atoms with Gasteiger partial charge in [0.15, 0.2) is 11.0 Å². The van der Waals surface area contributed by atoms with E-state index in [1.165, 1.54) is 40.3 Å². The van der Waals surface area contributed by atoms with Gasteiger partial charge in [0.2, 0.25) is 15.9 Å². The average molecular weight is 593 g/mol. The summed E-state index contributed by atoms with van der Waals surface area (Å²) in [6.07, 6.45) is 0. The SMILES string of the molecule is CCN(CC)S(=O)(=O)c1ccc(C(=O)NCc2nnc(SCC(=O)Nc3cccc(C)c3)n2-c2ccccc2)cc1. The number of nitrogens with zero attached hydrogens (tertiary/aromatic N) is 4. The molecule has 4 aromatic rings. The van der Waals surface area contributed by atoms with Gasteiger partial charge < -0.3 is 10.6 Å². The Balaban J connectivity index is 1.46. The number of amides is 2. The monoisotopic (exact) mass is 592 g/mol. The van der Waals surface area contributed by atoms with E-state index in [0.717, 1.165) is 16.9 Å². The van der Waals surface area contributed by atoms with Crippen LogP contribution in [0.15, 0.2) is 88.9 Å². The Morgan fingerprint density at radius 2 is 1.63 bits per heavy atom. The Morgan fingerprint density at radius 3 is 2.29 bits per heavy atom. The minimum Gasteiger partial charge on any atom is -0.345 e. The van der Waals surface area contributed by atoms with Crippen molar-refractivity contribution < 1.29 is 18.0 Å². The Morgan fingerprint density at radius 1 is 0.927 bits per heavy atom. The predicted octanol–water partition coefficient (Wildman–Crippen LogP) is 4.27. The summed E-state index contributed by atoms with van der Waals surface area (Å²) in [5.74, 6) is 0.0381. The number of benzene rings is 3. The first-order chi connectivity index (χ1) is 19.7. The van der Waals surface area contributed by atoms with Crippen molar-refractivity contribution in [2.75, 3.05) is 24.2 Å². The molecule has 0 aliphatic carbocycles. The summed E-state index contributed by atoms with van der Waals surface area (Å²) in [5.41, 5.74) is 2.87. The molecule has 0 fully saturated rings. The number of carbonyl (C=O) groups excluding carboxylic acids is 2. The van der Waals surface area contributed by atoms with E-state index in [-0.39, 0.29) is 29.0 Å². The number of nitrogens with one attached hydrogen (secondary N) is 2. The summed E-state index contributed by atoms with van der Waals surface area (Å²) in [7, 11) is -3.61. The molecular weight excluding hydrogens is 560 g/mol. The van der Waals surface area contributed by atoms with Crippen molar-refractivity contribution in [1.29, 1.82) is 0 Å². The standard InChI is InChI=1S/C29H32N6O4S2/c1-4-34(5-2)41(38,39)25-16-14-22(15-17-25)28(37)30-19-26-32-33-29(35(26)24-12-7-6-8-13-24)40-20-27(36)31-23-11-9-10-21(3)18-23/h6-18H,4-5,19-20H2,1-3H3,(H,30,37)(H,31,36). The molecule has 0 aliphatic rings. The molecule has 2 N–H and O–H groups in total. The maximum Gasteiger partial charge on any atom is 0.251 e. The summed E-state index contributed by atoms with van der Waals surface area (Å²) in [4.78, 5) is 25.6. The summed E-state index contributed by atoms with van der Waals surface area (Å²) < 4.78 is 28.6. The minimum absolute atomic E-state index is 0.0657. The summed E-state index contributed by atoms with van der Waals surface area (Å²) in [5, 5.41) is 14.8. The fourth-order valence-electron chi connectivity index (χ4n) is 4.15. The molecule has 0 unspecified atom stereocenters. The first-order valence-corrected chi connectivity index (χ1v) is 15.5. The third kappa shape index (κ3) is 7.40. The maximum absolute atomic E-state index is 12.9. The molecule has 2 amide bonds. The molecule has 3 aromatic carbocycles. The largest absolute Gasteiger partial charge is 0.345 e. The molecule has 0 saturated heterocycles. The average Bonchev–Trinajstić information content (AvgIpc) is 3.38. The van der Waals surface area contributed by atoms with Gasteiger partial charge in [0.05, 0.1) is 17.2 Å². The number of sulfonamides is 1. The lowest BCUT2D eigenvalue weighted by Crippen LogP contribution is -2.30. The van der Waals surface area contributed by atoms with Crippen molar-refractivity contribution in [3.8, 4) is 5.69 Å². The van der Waals surface area contributed by atoms with Crippen LogP contribution in [0.3, 0.4) is 0 Å².